The Kier molecular flexibility index (Phi) is 3.21. The molecule has 0 spiro atoms. The van der Waals surface area contributed by atoms with E-state index in [0.717, 1.165) is 28.8 Å². The molecule has 3 rings (SSSR count). The van der Waals surface area contributed by atoms with Crippen molar-refractivity contribution in [1.29, 1.82) is 0 Å². The van der Waals surface area contributed by atoms with Gasteiger partial charge in [-0.3, -0.25) is 4.79 Å². The zero-order valence-electron chi connectivity index (χ0n) is 10.8. The Morgan fingerprint density at radius 3 is 2.65 bits per heavy atom. The van der Waals surface area contributed by atoms with Crippen LogP contribution in [-0.4, -0.2) is 21.0 Å². The molecule has 0 saturated heterocycles. The molecule has 4 nitrogen and oxygen atoms in total. The maximum atomic E-state index is 10.7. The standard InChI is InChI=1S/C16H14N2O2/c19-16(20)10-12-6-7-13-14(8-12)18-15(17-13)9-11-4-2-1-3-5-11/h1-8H,9-10H2,(H,17,18)(H,19,20). The van der Waals surface area contributed by atoms with E-state index in [1.807, 2.05) is 36.4 Å². The van der Waals surface area contributed by atoms with Gasteiger partial charge in [0, 0.05) is 6.42 Å². The van der Waals surface area contributed by atoms with Gasteiger partial charge in [-0.15, -0.1) is 0 Å². The number of carbonyl (C=O) groups is 1. The summed E-state index contributed by atoms with van der Waals surface area (Å²) in [4.78, 5) is 18.5. The van der Waals surface area contributed by atoms with Gasteiger partial charge in [-0.25, -0.2) is 4.98 Å². The van der Waals surface area contributed by atoms with E-state index < -0.39 is 5.97 Å². The highest BCUT2D eigenvalue weighted by Gasteiger charge is 2.06. The number of nitrogens with one attached hydrogen (secondary N) is 1. The van der Waals surface area contributed by atoms with Crippen LogP contribution in [0.2, 0.25) is 0 Å². The molecule has 1 aromatic heterocycles. The minimum absolute atomic E-state index is 0.0307. The topological polar surface area (TPSA) is 66.0 Å². The van der Waals surface area contributed by atoms with Crippen LogP contribution >= 0.6 is 0 Å². The van der Waals surface area contributed by atoms with Gasteiger partial charge in [-0.2, -0.15) is 0 Å². The minimum Gasteiger partial charge on any atom is -0.481 e. The molecule has 2 aromatic carbocycles. The summed E-state index contributed by atoms with van der Waals surface area (Å²) in [5.74, 6) is 0.0621. The second kappa shape index (κ2) is 5.17. The first-order chi connectivity index (χ1) is 9.70. The van der Waals surface area contributed by atoms with Crippen LogP contribution in [-0.2, 0) is 17.6 Å². The monoisotopic (exact) mass is 266 g/mol. The number of hydrogen-bond acceptors (Lipinski definition) is 2. The number of H-pyrrole nitrogens is 1. The van der Waals surface area contributed by atoms with Crippen molar-refractivity contribution in [3.8, 4) is 0 Å². The molecule has 20 heavy (non-hydrogen) atoms. The Bertz CT molecular complexity index is 748. The molecule has 4 heteroatoms. The SMILES string of the molecule is O=C(O)Cc1ccc2nc(Cc3ccccc3)[nH]c2c1. The van der Waals surface area contributed by atoms with Crippen molar-refractivity contribution < 1.29 is 9.90 Å². The van der Waals surface area contributed by atoms with Crippen molar-refractivity contribution in [1.82, 2.24) is 9.97 Å². The molecule has 0 aliphatic heterocycles. The minimum atomic E-state index is -0.826. The number of aromatic nitrogens is 2. The van der Waals surface area contributed by atoms with Crippen LogP contribution in [0, 0.1) is 0 Å². The summed E-state index contributed by atoms with van der Waals surface area (Å²) < 4.78 is 0. The number of nitrogens with zero attached hydrogens (tertiary/aromatic N) is 1. The quantitative estimate of drug-likeness (QED) is 0.763. The summed E-state index contributed by atoms with van der Waals surface area (Å²) in [5, 5.41) is 8.81. The van der Waals surface area contributed by atoms with Crippen molar-refractivity contribution in [3.05, 3.63) is 65.5 Å². The lowest BCUT2D eigenvalue weighted by Gasteiger charge is -1.96. The molecule has 3 aromatic rings. The Morgan fingerprint density at radius 1 is 1.10 bits per heavy atom. The van der Waals surface area contributed by atoms with Crippen LogP contribution in [0.15, 0.2) is 48.5 Å². The molecule has 0 fully saturated rings. The first kappa shape index (κ1) is 12.4. The van der Waals surface area contributed by atoms with E-state index in [1.165, 1.54) is 5.56 Å². The maximum Gasteiger partial charge on any atom is 0.307 e. The highest BCUT2D eigenvalue weighted by Crippen LogP contribution is 2.16. The predicted molar refractivity (Wildman–Crippen MR) is 76.7 cm³/mol. The Labute approximate surface area is 116 Å². The van der Waals surface area contributed by atoms with E-state index in [-0.39, 0.29) is 6.42 Å². The number of aromatic amines is 1. The van der Waals surface area contributed by atoms with E-state index in [4.69, 9.17) is 5.11 Å². The summed E-state index contributed by atoms with van der Waals surface area (Å²) in [5.41, 5.74) is 3.72. The number of rotatable bonds is 4. The molecular weight excluding hydrogens is 252 g/mol. The molecule has 2 N–H and O–H groups in total. The maximum absolute atomic E-state index is 10.7. The predicted octanol–water partition coefficient (Wildman–Crippen LogP) is 2.78. The molecule has 0 radical (unpaired) electrons. The zero-order chi connectivity index (χ0) is 13.9. The Hall–Kier alpha value is -2.62. The summed E-state index contributed by atoms with van der Waals surface area (Å²) in [6.45, 7) is 0. The first-order valence-electron chi connectivity index (χ1n) is 6.44. The van der Waals surface area contributed by atoms with Crippen LogP contribution in [0.25, 0.3) is 11.0 Å². The van der Waals surface area contributed by atoms with Crippen molar-refractivity contribution >= 4 is 17.0 Å². The second-order valence-corrected chi connectivity index (χ2v) is 4.77. The molecule has 0 saturated carbocycles. The van der Waals surface area contributed by atoms with Gasteiger partial charge in [0.2, 0.25) is 0 Å². The number of aliphatic carboxylic acids is 1. The molecule has 0 unspecified atom stereocenters. The van der Waals surface area contributed by atoms with Crippen LogP contribution in [0.4, 0.5) is 0 Å². The second-order valence-electron chi connectivity index (χ2n) is 4.77. The normalized spacial score (nSPS) is 10.8. The number of carboxylic acids is 1. The zero-order valence-corrected chi connectivity index (χ0v) is 10.8. The average molecular weight is 266 g/mol. The third-order valence-corrected chi connectivity index (χ3v) is 3.17. The molecule has 1 heterocycles. The van der Waals surface area contributed by atoms with Crippen molar-refractivity contribution in [2.75, 3.05) is 0 Å². The molecule has 0 amide bonds. The number of imidazole rings is 1. The van der Waals surface area contributed by atoms with E-state index >= 15 is 0 Å². The van der Waals surface area contributed by atoms with Gasteiger partial charge in [0.1, 0.15) is 5.82 Å². The lowest BCUT2D eigenvalue weighted by molar-refractivity contribution is -0.136. The summed E-state index contributed by atoms with van der Waals surface area (Å²) in [7, 11) is 0. The number of carboxylic acid groups (broad SMARTS) is 1. The molecule has 0 aliphatic carbocycles. The first-order valence-corrected chi connectivity index (χ1v) is 6.44. The average Bonchev–Trinajstić information content (AvgIpc) is 2.80. The lowest BCUT2D eigenvalue weighted by Crippen LogP contribution is -1.99. The molecule has 0 bridgehead atoms. The number of benzene rings is 2. The van der Waals surface area contributed by atoms with E-state index in [2.05, 4.69) is 22.1 Å². The van der Waals surface area contributed by atoms with Crippen LogP contribution in [0.5, 0.6) is 0 Å². The fourth-order valence-electron chi connectivity index (χ4n) is 2.27. The van der Waals surface area contributed by atoms with Crippen LogP contribution in [0.3, 0.4) is 0 Å². The van der Waals surface area contributed by atoms with Crippen LogP contribution < -0.4 is 0 Å². The molecule has 0 aliphatic rings. The van der Waals surface area contributed by atoms with E-state index in [0.29, 0.717) is 0 Å². The van der Waals surface area contributed by atoms with Gasteiger partial charge in [-0.05, 0) is 23.3 Å². The van der Waals surface area contributed by atoms with Gasteiger partial charge >= 0.3 is 5.97 Å². The number of fused-ring (bicyclic) bond motifs is 1. The van der Waals surface area contributed by atoms with E-state index in [1.54, 1.807) is 0 Å². The third-order valence-electron chi connectivity index (χ3n) is 3.17. The smallest absolute Gasteiger partial charge is 0.307 e. The summed E-state index contributed by atoms with van der Waals surface area (Å²) in [6.07, 6.45) is 0.771. The fourth-order valence-corrected chi connectivity index (χ4v) is 2.27. The highest BCUT2D eigenvalue weighted by atomic mass is 16.4. The van der Waals surface area contributed by atoms with Crippen molar-refractivity contribution in [2.24, 2.45) is 0 Å². The third kappa shape index (κ3) is 2.69. The summed E-state index contributed by atoms with van der Waals surface area (Å²) >= 11 is 0. The highest BCUT2D eigenvalue weighted by molar-refractivity contribution is 5.78. The molecule has 0 atom stereocenters. The van der Waals surface area contributed by atoms with Crippen molar-refractivity contribution in [2.45, 2.75) is 12.8 Å². The van der Waals surface area contributed by atoms with Crippen molar-refractivity contribution in [3.63, 3.8) is 0 Å². The van der Waals surface area contributed by atoms with E-state index in [9.17, 15) is 4.79 Å². The summed E-state index contributed by atoms with van der Waals surface area (Å²) in [6, 6.07) is 15.6. The molecule has 100 valence electrons. The van der Waals surface area contributed by atoms with Crippen LogP contribution in [0.1, 0.15) is 17.0 Å². The Balaban J connectivity index is 1.88. The van der Waals surface area contributed by atoms with Gasteiger partial charge < -0.3 is 10.1 Å². The molecular formula is C16H14N2O2. The Morgan fingerprint density at radius 2 is 1.90 bits per heavy atom. The fraction of sp³-hybridized carbons (Fsp3) is 0.125. The van der Waals surface area contributed by atoms with Gasteiger partial charge in [0.25, 0.3) is 0 Å². The lowest BCUT2D eigenvalue weighted by atomic mass is 10.1. The largest absolute Gasteiger partial charge is 0.481 e. The van der Waals surface area contributed by atoms with Gasteiger partial charge in [0.15, 0.2) is 0 Å². The van der Waals surface area contributed by atoms with Gasteiger partial charge in [0.05, 0.1) is 17.5 Å². The number of hydrogen-bond donors (Lipinski definition) is 2. The van der Waals surface area contributed by atoms with Gasteiger partial charge in [-0.1, -0.05) is 36.4 Å².